The predicted molar refractivity (Wildman–Crippen MR) is 76.7 cm³/mol. The van der Waals surface area contributed by atoms with E-state index in [1.54, 1.807) is 0 Å². The van der Waals surface area contributed by atoms with Crippen molar-refractivity contribution in [2.24, 2.45) is 5.73 Å². The van der Waals surface area contributed by atoms with Gasteiger partial charge in [-0.05, 0) is 37.1 Å². The van der Waals surface area contributed by atoms with Gasteiger partial charge in [0.25, 0.3) is 0 Å². The van der Waals surface area contributed by atoms with E-state index in [9.17, 15) is 0 Å². The molecule has 0 bridgehead atoms. The first-order valence-corrected chi connectivity index (χ1v) is 6.71. The molecule has 2 rings (SSSR count). The Labute approximate surface area is 117 Å². The lowest BCUT2D eigenvalue weighted by molar-refractivity contribution is 0.295. The van der Waals surface area contributed by atoms with Crippen molar-refractivity contribution in [3.05, 3.63) is 33.8 Å². The second kappa shape index (κ2) is 5.53. The molecule has 1 unspecified atom stereocenters. The number of hydrogen-bond acceptors (Lipinski definition) is 2. The Hall–Kier alpha value is -0.350. The highest BCUT2D eigenvalue weighted by Gasteiger charge is 2.26. The van der Waals surface area contributed by atoms with Crippen molar-refractivity contribution in [3.63, 3.8) is 0 Å². The van der Waals surface area contributed by atoms with Gasteiger partial charge in [0.15, 0.2) is 0 Å². The Morgan fingerprint density at radius 2 is 2.18 bits per heavy atom. The number of nitrogens with two attached hydrogens (primary N) is 1. The normalized spacial score (nSPS) is 20.7. The van der Waals surface area contributed by atoms with Gasteiger partial charge in [0.2, 0.25) is 0 Å². The Balaban J connectivity index is 2.09. The van der Waals surface area contributed by atoms with Gasteiger partial charge >= 0.3 is 0 Å². The quantitative estimate of drug-likeness (QED) is 0.866. The standard InChI is InChI=1S/C12H14Cl2N2S/c13-9-4-3-8(6-10(9)14)7-16-5-1-2-11(16)12(15)17/h3-4,6,11H,1-2,5,7H2,(H2,15,17). The molecule has 1 saturated heterocycles. The van der Waals surface area contributed by atoms with Gasteiger partial charge in [-0.15, -0.1) is 0 Å². The highest BCUT2D eigenvalue weighted by Crippen LogP contribution is 2.25. The van der Waals surface area contributed by atoms with Crippen LogP contribution in [0, 0.1) is 0 Å². The molecule has 0 saturated carbocycles. The lowest BCUT2D eigenvalue weighted by Gasteiger charge is -2.23. The van der Waals surface area contributed by atoms with Crippen LogP contribution in [0.1, 0.15) is 18.4 Å². The van der Waals surface area contributed by atoms with Crippen LogP contribution in [0.4, 0.5) is 0 Å². The van der Waals surface area contributed by atoms with Crippen molar-refractivity contribution in [1.82, 2.24) is 4.90 Å². The fraction of sp³-hybridized carbons (Fsp3) is 0.417. The topological polar surface area (TPSA) is 29.3 Å². The maximum atomic E-state index is 6.00. The minimum absolute atomic E-state index is 0.222. The molecule has 1 heterocycles. The van der Waals surface area contributed by atoms with Crippen molar-refractivity contribution in [2.75, 3.05) is 6.54 Å². The second-order valence-corrected chi connectivity index (χ2v) is 5.57. The number of hydrogen-bond donors (Lipinski definition) is 1. The van der Waals surface area contributed by atoms with E-state index < -0.39 is 0 Å². The first-order chi connectivity index (χ1) is 8.08. The lowest BCUT2D eigenvalue weighted by atomic mass is 10.2. The zero-order valence-electron chi connectivity index (χ0n) is 9.33. The fourth-order valence-electron chi connectivity index (χ4n) is 2.21. The lowest BCUT2D eigenvalue weighted by Crippen LogP contribution is -2.38. The summed E-state index contributed by atoms with van der Waals surface area (Å²) < 4.78 is 0. The number of thiocarbonyl (C=S) groups is 1. The summed E-state index contributed by atoms with van der Waals surface area (Å²) in [7, 11) is 0. The maximum absolute atomic E-state index is 6.00. The highest BCUT2D eigenvalue weighted by atomic mass is 35.5. The summed E-state index contributed by atoms with van der Waals surface area (Å²) >= 11 is 17.0. The van der Waals surface area contributed by atoms with E-state index in [1.165, 1.54) is 0 Å². The number of nitrogens with zero attached hydrogens (tertiary/aromatic N) is 1. The average Bonchev–Trinajstić information content (AvgIpc) is 2.72. The summed E-state index contributed by atoms with van der Waals surface area (Å²) in [4.78, 5) is 2.88. The van der Waals surface area contributed by atoms with E-state index in [4.69, 9.17) is 41.2 Å². The van der Waals surface area contributed by atoms with Crippen LogP contribution in [0.5, 0.6) is 0 Å². The zero-order chi connectivity index (χ0) is 12.4. The summed E-state index contributed by atoms with van der Waals surface area (Å²) in [5, 5.41) is 1.18. The van der Waals surface area contributed by atoms with E-state index in [0.29, 0.717) is 15.0 Å². The largest absolute Gasteiger partial charge is 0.392 e. The number of benzene rings is 1. The van der Waals surface area contributed by atoms with Gasteiger partial charge < -0.3 is 5.73 Å². The summed E-state index contributed by atoms with van der Waals surface area (Å²) in [5.74, 6) is 0. The van der Waals surface area contributed by atoms with Gasteiger partial charge in [-0.3, -0.25) is 4.90 Å². The summed E-state index contributed by atoms with van der Waals surface area (Å²) in [6.45, 7) is 1.85. The zero-order valence-corrected chi connectivity index (χ0v) is 11.7. The molecule has 0 aliphatic carbocycles. The van der Waals surface area contributed by atoms with Crippen LogP contribution in [0.25, 0.3) is 0 Å². The van der Waals surface area contributed by atoms with E-state index in [1.807, 2.05) is 18.2 Å². The molecule has 2 nitrogen and oxygen atoms in total. The average molecular weight is 289 g/mol. The highest BCUT2D eigenvalue weighted by molar-refractivity contribution is 7.80. The minimum atomic E-state index is 0.222. The molecule has 17 heavy (non-hydrogen) atoms. The monoisotopic (exact) mass is 288 g/mol. The molecule has 2 N–H and O–H groups in total. The van der Waals surface area contributed by atoms with Crippen LogP contribution in [0.2, 0.25) is 10.0 Å². The van der Waals surface area contributed by atoms with Crippen molar-refractivity contribution >= 4 is 40.4 Å². The fourth-order valence-corrected chi connectivity index (χ4v) is 2.80. The molecule has 0 radical (unpaired) electrons. The summed E-state index contributed by atoms with van der Waals surface area (Å²) in [6.07, 6.45) is 2.19. The third-order valence-corrected chi connectivity index (χ3v) is 4.07. The third-order valence-electron chi connectivity index (χ3n) is 3.06. The Morgan fingerprint density at radius 3 is 2.82 bits per heavy atom. The van der Waals surface area contributed by atoms with Gasteiger partial charge in [-0.2, -0.15) is 0 Å². The van der Waals surface area contributed by atoms with Gasteiger partial charge in [0, 0.05) is 6.54 Å². The molecule has 92 valence electrons. The van der Waals surface area contributed by atoms with E-state index in [-0.39, 0.29) is 6.04 Å². The van der Waals surface area contributed by atoms with Crippen LogP contribution in [0.15, 0.2) is 18.2 Å². The molecular weight excluding hydrogens is 275 g/mol. The molecular formula is C12H14Cl2N2S. The molecule has 0 amide bonds. The predicted octanol–water partition coefficient (Wildman–Crippen LogP) is 3.24. The minimum Gasteiger partial charge on any atom is -0.392 e. The van der Waals surface area contributed by atoms with Crippen LogP contribution in [0.3, 0.4) is 0 Å². The van der Waals surface area contributed by atoms with Crippen molar-refractivity contribution in [3.8, 4) is 0 Å². The van der Waals surface area contributed by atoms with E-state index >= 15 is 0 Å². The van der Waals surface area contributed by atoms with Gasteiger partial charge in [-0.1, -0.05) is 41.5 Å². The molecule has 1 fully saturated rings. The molecule has 1 atom stereocenters. The summed E-state index contributed by atoms with van der Waals surface area (Å²) in [5.41, 5.74) is 6.88. The Morgan fingerprint density at radius 1 is 1.41 bits per heavy atom. The van der Waals surface area contributed by atoms with Crippen LogP contribution in [-0.2, 0) is 6.54 Å². The Kier molecular flexibility index (Phi) is 4.26. The third kappa shape index (κ3) is 3.10. The molecule has 0 aromatic heterocycles. The van der Waals surface area contributed by atoms with Crippen molar-refractivity contribution in [2.45, 2.75) is 25.4 Å². The van der Waals surface area contributed by atoms with Crippen LogP contribution >= 0.6 is 35.4 Å². The van der Waals surface area contributed by atoms with Crippen molar-refractivity contribution in [1.29, 1.82) is 0 Å². The molecule has 1 aliphatic rings. The summed E-state index contributed by atoms with van der Waals surface area (Å²) in [6, 6.07) is 5.94. The Bertz CT molecular complexity index is 437. The number of halogens is 2. The first-order valence-electron chi connectivity index (χ1n) is 5.55. The second-order valence-electron chi connectivity index (χ2n) is 4.28. The first kappa shape index (κ1) is 13.1. The smallest absolute Gasteiger partial charge is 0.0902 e. The molecule has 5 heteroatoms. The van der Waals surface area contributed by atoms with Gasteiger partial charge in [-0.25, -0.2) is 0 Å². The van der Waals surface area contributed by atoms with Crippen LogP contribution < -0.4 is 5.73 Å². The maximum Gasteiger partial charge on any atom is 0.0902 e. The van der Waals surface area contributed by atoms with E-state index in [2.05, 4.69) is 4.90 Å². The van der Waals surface area contributed by atoms with Crippen LogP contribution in [-0.4, -0.2) is 22.5 Å². The van der Waals surface area contributed by atoms with Gasteiger partial charge in [0.05, 0.1) is 21.1 Å². The molecule has 1 aromatic rings. The van der Waals surface area contributed by atoms with Gasteiger partial charge in [0.1, 0.15) is 0 Å². The number of likely N-dealkylation sites (tertiary alicyclic amines) is 1. The van der Waals surface area contributed by atoms with Crippen molar-refractivity contribution < 1.29 is 0 Å². The number of rotatable bonds is 3. The molecule has 1 aliphatic heterocycles. The molecule has 0 spiro atoms. The SMILES string of the molecule is NC(=S)C1CCCN1Cc1ccc(Cl)c(Cl)c1. The molecule has 1 aromatic carbocycles. The van der Waals surface area contributed by atoms with E-state index in [0.717, 1.165) is 31.5 Å².